The average Bonchev–Trinajstić information content (AvgIpc) is 2.96. The van der Waals surface area contributed by atoms with Gasteiger partial charge in [0, 0.05) is 13.1 Å². The Morgan fingerprint density at radius 3 is 2.63 bits per heavy atom. The first-order valence-corrected chi connectivity index (χ1v) is 6.38. The van der Waals surface area contributed by atoms with Crippen LogP contribution in [0.25, 0.3) is 5.69 Å². The molecule has 1 N–H and O–H groups in total. The molecule has 6 nitrogen and oxygen atoms in total. The summed E-state index contributed by atoms with van der Waals surface area (Å²) in [5.74, 6) is 0.682. The van der Waals surface area contributed by atoms with Crippen molar-refractivity contribution in [1.29, 1.82) is 0 Å². The molecule has 1 aliphatic heterocycles. The fourth-order valence-electron chi connectivity index (χ4n) is 2.35. The smallest absolute Gasteiger partial charge is 0.250 e. The number of anilines is 1. The van der Waals surface area contributed by atoms with Crippen molar-refractivity contribution in [3.8, 4) is 5.69 Å². The molecular weight excluding hydrogens is 242 g/mol. The van der Waals surface area contributed by atoms with E-state index in [1.54, 1.807) is 4.68 Å². The SMILES string of the molecule is Cc1ccc(-n2nnnc2N2CCC(C)(O)C2)cc1. The summed E-state index contributed by atoms with van der Waals surface area (Å²) in [6, 6.07) is 8.04. The maximum Gasteiger partial charge on any atom is 0.250 e. The number of benzene rings is 1. The Bertz CT molecular complexity index is 575. The molecule has 1 atom stereocenters. The second-order valence-electron chi connectivity index (χ2n) is 5.39. The number of aryl methyl sites for hydroxylation is 1. The molecule has 0 spiro atoms. The van der Waals surface area contributed by atoms with E-state index in [4.69, 9.17) is 0 Å². The maximum atomic E-state index is 10.0. The van der Waals surface area contributed by atoms with Gasteiger partial charge in [-0.15, -0.1) is 0 Å². The summed E-state index contributed by atoms with van der Waals surface area (Å²) < 4.78 is 1.71. The van der Waals surface area contributed by atoms with Crippen LogP contribution in [-0.4, -0.2) is 44.0 Å². The fourth-order valence-corrected chi connectivity index (χ4v) is 2.35. The Labute approximate surface area is 111 Å². The molecular formula is C13H17N5O. The van der Waals surface area contributed by atoms with Crippen LogP contribution in [0.1, 0.15) is 18.9 Å². The fraction of sp³-hybridized carbons (Fsp3) is 0.462. The molecule has 3 rings (SSSR count). The van der Waals surface area contributed by atoms with E-state index in [1.807, 2.05) is 43.0 Å². The summed E-state index contributed by atoms with van der Waals surface area (Å²) in [6.07, 6.45) is 0.730. The van der Waals surface area contributed by atoms with Crippen molar-refractivity contribution in [3.05, 3.63) is 29.8 Å². The molecule has 2 heterocycles. The van der Waals surface area contributed by atoms with Crippen molar-refractivity contribution in [2.24, 2.45) is 0 Å². The van der Waals surface area contributed by atoms with Gasteiger partial charge < -0.3 is 10.0 Å². The average molecular weight is 259 g/mol. The molecule has 1 fully saturated rings. The Morgan fingerprint density at radius 2 is 2.00 bits per heavy atom. The molecule has 1 unspecified atom stereocenters. The van der Waals surface area contributed by atoms with E-state index in [1.165, 1.54) is 5.56 Å². The zero-order chi connectivity index (χ0) is 13.5. The van der Waals surface area contributed by atoms with Gasteiger partial charge in [-0.1, -0.05) is 22.8 Å². The van der Waals surface area contributed by atoms with Crippen LogP contribution in [0.15, 0.2) is 24.3 Å². The Balaban J connectivity index is 1.93. The number of aliphatic hydroxyl groups is 1. The summed E-state index contributed by atoms with van der Waals surface area (Å²) in [5, 5.41) is 21.9. The highest BCUT2D eigenvalue weighted by molar-refractivity contribution is 5.42. The van der Waals surface area contributed by atoms with Crippen LogP contribution in [0.3, 0.4) is 0 Å². The number of rotatable bonds is 2. The molecule has 0 amide bonds. The van der Waals surface area contributed by atoms with Crippen LogP contribution < -0.4 is 4.90 Å². The number of hydrogen-bond donors (Lipinski definition) is 1. The molecule has 0 radical (unpaired) electrons. The zero-order valence-corrected chi connectivity index (χ0v) is 11.1. The number of nitrogens with zero attached hydrogens (tertiary/aromatic N) is 5. The van der Waals surface area contributed by atoms with Gasteiger partial charge in [-0.25, -0.2) is 0 Å². The first kappa shape index (κ1) is 12.1. The van der Waals surface area contributed by atoms with Crippen molar-refractivity contribution >= 4 is 5.95 Å². The lowest BCUT2D eigenvalue weighted by atomic mass is 10.1. The van der Waals surface area contributed by atoms with E-state index < -0.39 is 5.60 Å². The van der Waals surface area contributed by atoms with Gasteiger partial charge in [0.1, 0.15) is 0 Å². The summed E-state index contributed by atoms with van der Waals surface area (Å²) in [4.78, 5) is 2.01. The molecule has 1 aromatic carbocycles. The van der Waals surface area contributed by atoms with Crippen molar-refractivity contribution in [2.45, 2.75) is 25.9 Å². The minimum Gasteiger partial charge on any atom is -0.388 e. The highest BCUT2D eigenvalue weighted by Gasteiger charge is 2.34. The lowest BCUT2D eigenvalue weighted by molar-refractivity contribution is 0.0838. The normalized spacial score (nSPS) is 23.0. The molecule has 0 bridgehead atoms. The molecule has 1 aliphatic rings. The highest BCUT2D eigenvalue weighted by atomic mass is 16.3. The van der Waals surface area contributed by atoms with Gasteiger partial charge in [-0.05, 0) is 42.8 Å². The van der Waals surface area contributed by atoms with Gasteiger partial charge >= 0.3 is 0 Å². The van der Waals surface area contributed by atoms with Gasteiger partial charge in [-0.2, -0.15) is 4.68 Å². The zero-order valence-electron chi connectivity index (χ0n) is 11.1. The number of tetrazole rings is 1. The molecule has 0 aliphatic carbocycles. The van der Waals surface area contributed by atoms with Crippen LogP contribution >= 0.6 is 0 Å². The summed E-state index contributed by atoms with van der Waals surface area (Å²) in [6.45, 7) is 5.20. The Morgan fingerprint density at radius 1 is 1.26 bits per heavy atom. The Kier molecular flexibility index (Phi) is 2.74. The van der Waals surface area contributed by atoms with Gasteiger partial charge in [0.15, 0.2) is 0 Å². The summed E-state index contributed by atoms with van der Waals surface area (Å²) in [7, 11) is 0. The van der Waals surface area contributed by atoms with Crippen LogP contribution in [0.5, 0.6) is 0 Å². The highest BCUT2D eigenvalue weighted by Crippen LogP contribution is 2.25. The van der Waals surface area contributed by atoms with Crippen LogP contribution in [0, 0.1) is 6.92 Å². The third kappa shape index (κ3) is 2.31. The maximum absolute atomic E-state index is 10.0. The van der Waals surface area contributed by atoms with Crippen LogP contribution in [0.2, 0.25) is 0 Å². The van der Waals surface area contributed by atoms with Gasteiger partial charge in [0.05, 0.1) is 11.3 Å². The van der Waals surface area contributed by atoms with E-state index in [0.717, 1.165) is 18.7 Å². The minimum absolute atomic E-state index is 0.555. The molecule has 0 saturated carbocycles. The van der Waals surface area contributed by atoms with Crippen molar-refractivity contribution in [3.63, 3.8) is 0 Å². The monoisotopic (exact) mass is 259 g/mol. The van der Waals surface area contributed by atoms with E-state index >= 15 is 0 Å². The predicted molar refractivity (Wildman–Crippen MR) is 71.3 cm³/mol. The molecule has 19 heavy (non-hydrogen) atoms. The molecule has 1 aromatic heterocycles. The second kappa shape index (κ2) is 4.31. The van der Waals surface area contributed by atoms with E-state index in [9.17, 15) is 5.11 Å². The quantitative estimate of drug-likeness (QED) is 0.869. The van der Waals surface area contributed by atoms with Crippen molar-refractivity contribution < 1.29 is 5.11 Å². The molecule has 1 saturated heterocycles. The van der Waals surface area contributed by atoms with Crippen molar-refractivity contribution in [1.82, 2.24) is 20.2 Å². The minimum atomic E-state index is -0.663. The lowest BCUT2D eigenvalue weighted by Gasteiger charge is -2.19. The largest absolute Gasteiger partial charge is 0.388 e. The molecule has 6 heteroatoms. The number of hydrogen-bond acceptors (Lipinski definition) is 5. The van der Waals surface area contributed by atoms with Crippen molar-refractivity contribution in [2.75, 3.05) is 18.0 Å². The third-order valence-corrected chi connectivity index (χ3v) is 3.47. The predicted octanol–water partition coefficient (Wildman–Crippen LogP) is 0.932. The summed E-state index contributed by atoms with van der Waals surface area (Å²) >= 11 is 0. The molecule has 100 valence electrons. The number of β-amino-alcohol motifs (C(OH)–C–C–N with tert-alkyl or cyclic N) is 1. The van der Waals surface area contributed by atoms with E-state index in [0.29, 0.717) is 12.5 Å². The first-order chi connectivity index (χ1) is 9.05. The van der Waals surface area contributed by atoms with Gasteiger partial charge in [0.2, 0.25) is 5.95 Å². The lowest BCUT2D eigenvalue weighted by Crippen LogP contribution is -2.31. The van der Waals surface area contributed by atoms with Gasteiger partial charge in [-0.3, -0.25) is 0 Å². The molecule has 2 aromatic rings. The summed E-state index contributed by atoms with van der Waals surface area (Å²) in [5.41, 5.74) is 1.46. The second-order valence-corrected chi connectivity index (χ2v) is 5.39. The standard InChI is InChI=1S/C13H17N5O/c1-10-3-5-11(6-4-10)18-12(14-15-16-18)17-8-7-13(2,19)9-17/h3-6,19H,7-9H2,1-2H3. The van der Waals surface area contributed by atoms with Crippen LogP contribution in [-0.2, 0) is 0 Å². The first-order valence-electron chi connectivity index (χ1n) is 6.38. The van der Waals surface area contributed by atoms with E-state index in [2.05, 4.69) is 15.5 Å². The topological polar surface area (TPSA) is 67.1 Å². The third-order valence-electron chi connectivity index (χ3n) is 3.47. The van der Waals surface area contributed by atoms with E-state index in [-0.39, 0.29) is 0 Å². The van der Waals surface area contributed by atoms with Gasteiger partial charge in [0.25, 0.3) is 0 Å². The Hall–Kier alpha value is -1.95. The number of aromatic nitrogens is 4. The van der Waals surface area contributed by atoms with Crippen LogP contribution in [0.4, 0.5) is 5.95 Å².